The number of rotatable bonds is 5. The van der Waals surface area contributed by atoms with Gasteiger partial charge in [-0.15, -0.1) is 0 Å². The molecule has 1 heterocycles. The molecular formula is C17H29N3. The van der Waals surface area contributed by atoms with E-state index >= 15 is 0 Å². The molecule has 0 spiro atoms. The summed E-state index contributed by atoms with van der Waals surface area (Å²) in [6, 6.07) is 7.74. The summed E-state index contributed by atoms with van der Waals surface area (Å²) in [5.74, 6) is 0. The fourth-order valence-electron chi connectivity index (χ4n) is 3.21. The molecule has 2 N–H and O–H groups in total. The minimum Gasteiger partial charge on any atom is -0.329 e. The summed E-state index contributed by atoms with van der Waals surface area (Å²) in [4.78, 5) is 4.90. The minimum absolute atomic E-state index is 0.322. The van der Waals surface area contributed by atoms with Gasteiger partial charge in [0.15, 0.2) is 0 Å². The highest BCUT2D eigenvalue weighted by Crippen LogP contribution is 2.23. The van der Waals surface area contributed by atoms with E-state index < -0.39 is 0 Å². The maximum Gasteiger partial charge on any atom is 0.0468 e. The molecule has 2 atom stereocenters. The zero-order chi connectivity index (χ0) is 14.7. The van der Waals surface area contributed by atoms with Crippen LogP contribution in [0.3, 0.4) is 0 Å². The smallest absolute Gasteiger partial charge is 0.0468 e. The lowest BCUT2D eigenvalue weighted by Crippen LogP contribution is -2.40. The van der Waals surface area contributed by atoms with Crippen molar-refractivity contribution in [1.29, 1.82) is 0 Å². The molecule has 3 nitrogen and oxygen atoms in total. The highest BCUT2D eigenvalue weighted by molar-refractivity contribution is 5.32. The Kier molecular flexibility index (Phi) is 5.19. The van der Waals surface area contributed by atoms with Crippen molar-refractivity contribution >= 4 is 0 Å². The highest BCUT2D eigenvalue weighted by atomic mass is 15.2. The van der Waals surface area contributed by atoms with Crippen LogP contribution in [0.4, 0.5) is 0 Å². The Morgan fingerprint density at radius 2 is 2.10 bits per heavy atom. The lowest BCUT2D eigenvalue weighted by atomic mass is 9.99. The quantitative estimate of drug-likeness (QED) is 0.895. The molecule has 112 valence electrons. The van der Waals surface area contributed by atoms with Gasteiger partial charge in [-0.3, -0.25) is 4.90 Å². The summed E-state index contributed by atoms with van der Waals surface area (Å²) < 4.78 is 0. The van der Waals surface area contributed by atoms with Crippen molar-refractivity contribution in [3.8, 4) is 0 Å². The summed E-state index contributed by atoms with van der Waals surface area (Å²) in [6.07, 6.45) is 2.64. The number of hydrogen-bond acceptors (Lipinski definition) is 3. The third-order valence-corrected chi connectivity index (χ3v) is 4.84. The fraction of sp³-hybridized carbons (Fsp3) is 0.647. The average Bonchev–Trinajstić information content (AvgIpc) is 2.80. The van der Waals surface area contributed by atoms with Crippen molar-refractivity contribution in [1.82, 2.24) is 9.80 Å². The Morgan fingerprint density at radius 3 is 2.65 bits per heavy atom. The van der Waals surface area contributed by atoms with Gasteiger partial charge in [-0.05, 0) is 64.0 Å². The zero-order valence-electron chi connectivity index (χ0n) is 13.4. The molecule has 2 unspecified atom stereocenters. The third kappa shape index (κ3) is 3.40. The van der Waals surface area contributed by atoms with E-state index in [0.29, 0.717) is 18.6 Å². The zero-order valence-corrected chi connectivity index (χ0v) is 13.4. The second-order valence-corrected chi connectivity index (χ2v) is 6.31. The second-order valence-electron chi connectivity index (χ2n) is 6.31. The summed E-state index contributed by atoms with van der Waals surface area (Å²) in [5.41, 5.74) is 10.1. The van der Waals surface area contributed by atoms with Gasteiger partial charge in [-0.25, -0.2) is 0 Å². The van der Waals surface area contributed by atoms with Gasteiger partial charge < -0.3 is 10.6 Å². The van der Waals surface area contributed by atoms with Crippen molar-refractivity contribution in [3.63, 3.8) is 0 Å². The van der Waals surface area contributed by atoms with Crippen LogP contribution in [0.1, 0.15) is 35.6 Å². The molecule has 1 aliphatic rings. The molecule has 1 aromatic carbocycles. The monoisotopic (exact) mass is 275 g/mol. The van der Waals surface area contributed by atoms with Crippen LogP contribution in [0.15, 0.2) is 18.2 Å². The number of likely N-dealkylation sites (N-methyl/N-ethyl adjacent to an activating group) is 2. The normalized spacial score (nSPS) is 21.6. The van der Waals surface area contributed by atoms with Crippen molar-refractivity contribution in [2.75, 3.05) is 33.7 Å². The Hall–Kier alpha value is -0.900. The first-order valence-electron chi connectivity index (χ1n) is 7.70. The van der Waals surface area contributed by atoms with Crippen molar-refractivity contribution in [2.45, 2.75) is 38.8 Å². The first-order valence-corrected chi connectivity index (χ1v) is 7.70. The van der Waals surface area contributed by atoms with Crippen LogP contribution >= 0.6 is 0 Å². The maximum atomic E-state index is 6.05. The van der Waals surface area contributed by atoms with E-state index in [1.807, 2.05) is 0 Å². The lowest BCUT2D eigenvalue weighted by molar-refractivity contribution is 0.179. The molecule has 1 aromatic rings. The molecule has 0 radical (unpaired) electrons. The van der Waals surface area contributed by atoms with Crippen LogP contribution in [-0.2, 0) is 0 Å². The molecule has 0 bridgehead atoms. The predicted octanol–water partition coefficient (Wildman–Crippen LogP) is 2.33. The van der Waals surface area contributed by atoms with Crippen molar-refractivity contribution in [3.05, 3.63) is 34.9 Å². The molecule has 3 heteroatoms. The molecule has 1 saturated heterocycles. The van der Waals surface area contributed by atoms with E-state index in [4.69, 9.17) is 5.73 Å². The van der Waals surface area contributed by atoms with E-state index in [1.54, 1.807) is 0 Å². The van der Waals surface area contributed by atoms with E-state index in [1.165, 1.54) is 36.1 Å². The second kappa shape index (κ2) is 6.70. The van der Waals surface area contributed by atoms with E-state index in [0.717, 1.165) is 6.54 Å². The van der Waals surface area contributed by atoms with Crippen LogP contribution in [0.2, 0.25) is 0 Å². The molecular weight excluding hydrogens is 246 g/mol. The van der Waals surface area contributed by atoms with Crippen LogP contribution in [0.5, 0.6) is 0 Å². The number of benzene rings is 1. The number of likely N-dealkylation sites (tertiary alicyclic amines) is 1. The predicted molar refractivity (Wildman–Crippen MR) is 86.0 cm³/mol. The molecule has 0 aromatic heterocycles. The topological polar surface area (TPSA) is 32.5 Å². The van der Waals surface area contributed by atoms with Crippen molar-refractivity contribution in [2.24, 2.45) is 5.73 Å². The SMILES string of the molecule is Cc1ccc(C(CN)N(C)CC2CCCN2C)cc1C. The number of nitrogens with two attached hydrogens (primary N) is 1. The van der Waals surface area contributed by atoms with Crippen LogP contribution in [-0.4, -0.2) is 49.6 Å². The molecule has 2 rings (SSSR count). The van der Waals surface area contributed by atoms with Gasteiger partial charge in [-0.2, -0.15) is 0 Å². The van der Waals surface area contributed by atoms with Crippen LogP contribution < -0.4 is 5.73 Å². The van der Waals surface area contributed by atoms with E-state index in [9.17, 15) is 0 Å². The van der Waals surface area contributed by atoms with Gasteiger partial charge in [0.25, 0.3) is 0 Å². The maximum absolute atomic E-state index is 6.05. The lowest BCUT2D eigenvalue weighted by Gasteiger charge is -2.32. The van der Waals surface area contributed by atoms with Gasteiger partial charge >= 0.3 is 0 Å². The molecule has 20 heavy (non-hydrogen) atoms. The number of aryl methyl sites for hydroxylation is 2. The van der Waals surface area contributed by atoms with E-state index in [2.05, 4.69) is 55.9 Å². The summed E-state index contributed by atoms with van der Waals surface area (Å²) in [5, 5.41) is 0. The first-order chi connectivity index (χ1) is 9.52. The molecule has 0 amide bonds. The summed E-state index contributed by atoms with van der Waals surface area (Å²) in [6.45, 7) is 7.35. The average molecular weight is 275 g/mol. The Balaban J connectivity index is 2.08. The van der Waals surface area contributed by atoms with Crippen LogP contribution in [0, 0.1) is 13.8 Å². The first kappa shape index (κ1) is 15.5. The van der Waals surface area contributed by atoms with Gasteiger partial charge in [0, 0.05) is 25.2 Å². The minimum atomic E-state index is 0.322. The standard InChI is InChI=1S/C17H29N3/c1-13-7-8-15(10-14(13)2)17(11-18)20(4)12-16-6-5-9-19(16)3/h7-8,10,16-17H,5-6,9,11-12,18H2,1-4H3. The fourth-order valence-corrected chi connectivity index (χ4v) is 3.21. The third-order valence-electron chi connectivity index (χ3n) is 4.84. The van der Waals surface area contributed by atoms with E-state index in [-0.39, 0.29) is 0 Å². The number of nitrogens with zero attached hydrogens (tertiary/aromatic N) is 2. The van der Waals surface area contributed by atoms with Gasteiger partial charge in [0.05, 0.1) is 0 Å². The van der Waals surface area contributed by atoms with Gasteiger partial charge in [-0.1, -0.05) is 18.2 Å². The molecule has 0 saturated carbocycles. The van der Waals surface area contributed by atoms with Crippen LogP contribution in [0.25, 0.3) is 0 Å². The van der Waals surface area contributed by atoms with Gasteiger partial charge in [0.2, 0.25) is 0 Å². The molecule has 1 fully saturated rings. The highest BCUT2D eigenvalue weighted by Gasteiger charge is 2.25. The molecule has 0 aliphatic carbocycles. The Bertz CT molecular complexity index is 444. The number of hydrogen-bond donors (Lipinski definition) is 1. The largest absolute Gasteiger partial charge is 0.329 e. The molecule has 1 aliphatic heterocycles. The summed E-state index contributed by atoms with van der Waals surface area (Å²) in [7, 11) is 4.44. The Morgan fingerprint density at radius 1 is 1.35 bits per heavy atom. The van der Waals surface area contributed by atoms with Gasteiger partial charge in [0.1, 0.15) is 0 Å². The van der Waals surface area contributed by atoms with Crippen molar-refractivity contribution < 1.29 is 0 Å². The Labute approximate surface area is 123 Å². The summed E-state index contributed by atoms with van der Waals surface area (Å²) >= 11 is 0.